The second-order valence-corrected chi connectivity index (χ2v) is 7.75. The maximum Gasteiger partial charge on any atom is 0.250 e. The smallest absolute Gasteiger partial charge is 0.250 e. The Morgan fingerprint density at radius 3 is 2.75 bits per heavy atom. The predicted molar refractivity (Wildman–Crippen MR) is 119 cm³/mol. The summed E-state index contributed by atoms with van der Waals surface area (Å²) < 4.78 is 11.7. The number of aryl methyl sites for hydroxylation is 1. The SMILES string of the molecule is C=CCOc1c(Br)cc(/C=N\NC(=O)CSCc2ccc(C)cc2)cc1OC. The average Bonchev–Trinajstić information content (AvgIpc) is 2.68. The molecular formula is C21H23BrN2O3S. The molecule has 0 atom stereocenters. The number of carbonyl (C=O) groups excluding carboxylic acids is 1. The number of amides is 1. The first-order valence-electron chi connectivity index (χ1n) is 8.60. The van der Waals surface area contributed by atoms with Crippen LogP contribution in [0.2, 0.25) is 0 Å². The highest BCUT2D eigenvalue weighted by molar-refractivity contribution is 9.10. The Labute approximate surface area is 178 Å². The highest BCUT2D eigenvalue weighted by Gasteiger charge is 2.10. The largest absolute Gasteiger partial charge is 0.493 e. The summed E-state index contributed by atoms with van der Waals surface area (Å²) in [4.78, 5) is 11.9. The summed E-state index contributed by atoms with van der Waals surface area (Å²) in [5.74, 6) is 2.14. The molecule has 0 aromatic heterocycles. The highest BCUT2D eigenvalue weighted by Crippen LogP contribution is 2.36. The lowest BCUT2D eigenvalue weighted by Gasteiger charge is -2.12. The maximum absolute atomic E-state index is 11.9. The van der Waals surface area contributed by atoms with Crippen molar-refractivity contribution in [1.29, 1.82) is 0 Å². The van der Waals surface area contributed by atoms with E-state index in [9.17, 15) is 4.79 Å². The van der Waals surface area contributed by atoms with Crippen LogP contribution in [0.1, 0.15) is 16.7 Å². The standard InChI is InChI=1S/C21H23BrN2O3S/c1-4-9-27-21-18(22)10-17(11-19(21)26-3)12-23-24-20(25)14-28-13-16-7-5-15(2)6-8-16/h4-8,10-12H,1,9,13-14H2,2-3H3,(H,24,25)/b23-12-. The van der Waals surface area contributed by atoms with Crippen LogP contribution in [0.4, 0.5) is 0 Å². The zero-order valence-corrected chi connectivity index (χ0v) is 18.3. The molecule has 2 aromatic carbocycles. The van der Waals surface area contributed by atoms with E-state index in [1.807, 2.05) is 6.07 Å². The van der Waals surface area contributed by atoms with Crippen molar-refractivity contribution in [3.05, 3.63) is 70.2 Å². The number of hydrogen-bond donors (Lipinski definition) is 1. The molecule has 0 spiro atoms. The average molecular weight is 463 g/mol. The van der Waals surface area contributed by atoms with Crippen molar-refractivity contribution >= 4 is 39.8 Å². The van der Waals surface area contributed by atoms with Crippen LogP contribution in [0.15, 0.2) is 58.6 Å². The molecule has 0 unspecified atom stereocenters. The lowest BCUT2D eigenvalue weighted by Crippen LogP contribution is -2.19. The number of thioether (sulfide) groups is 1. The summed E-state index contributed by atoms with van der Waals surface area (Å²) >= 11 is 5.01. The van der Waals surface area contributed by atoms with Crippen molar-refractivity contribution in [2.45, 2.75) is 12.7 Å². The summed E-state index contributed by atoms with van der Waals surface area (Å²) in [7, 11) is 1.57. The number of benzene rings is 2. The molecule has 7 heteroatoms. The van der Waals surface area contributed by atoms with Gasteiger partial charge in [-0.05, 0) is 46.1 Å². The van der Waals surface area contributed by atoms with Crippen LogP contribution in [0.3, 0.4) is 0 Å². The molecule has 28 heavy (non-hydrogen) atoms. The van der Waals surface area contributed by atoms with Crippen LogP contribution in [0, 0.1) is 6.92 Å². The minimum Gasteiger partial charge on any atom is -0.493 e. The quantitative estimate of drug-likeness (QED) is 0.315. The third-order valence-electron chi connectivity index (χ3n) is 3.62. The Hall–Kier alpha value is -2.25. The topological polar surface area (TPSA) is 59.9 Å². The zero-order chi connectivity index (χ0) is 20.4. The summed E-state index contributed by atoms with van der Waals surface area (Å²) in [5, 5.41) is 4.02. The van der Waals surface area contributed by atoms with E-state index in [1.165, 1.54) is 11.1 Å². The van der Waals surface area contributed by atoms with Crippen LogP contribution < -0.4 is 14.9 Å². The fourth-order valence-corrected chi connectivity index (χ4v) is 3.61. The molecule has 0 saturated heterocycles. The molecule has 1 N–H and O–H groups in total. The van der Waals surface area contributed by atoms with Crippen molar-refractivity contribution in [3.63, 3.8) is 0 Å². The van der Waals surface area contributed by atoms with Crippen molar-refractivity contribution in [2.75, 3.05) is 19.5 Å². The Balaban J connectivity index is 1.85. The van der Waals surface area contributed by atoms with Crippen LogP contribution in [0.5, 0.6) is 11.5 Å². The van der Waals surface area contributed by atoms with Crippen molar-refractivity contribution in [1.82, 2.24) is 5.43 Å². The van der Waals surface area contributed by atoms with E-state index in [4.69, 9.17) is 9.47 Å². The van der Waals surface area contributed by atoms with Gasteiger partial charge in [0.25, 0.3) is 0 Å². The molecule has 0 aliphatic carbocycles. The van der Waals surface area contributed by atoms with E-state index >= 15 is 0 Å². The van der Waals surface area contributed by atoms with E-state index in [-0.39, 0.29) is 5.91 Å². The van der Waals surface area contributed by atoms with E-state index in [0.717, 1.165) is 15.8 Å². The van der Waals surface area contributed by atoms with Crippen molar-refractivity contribution in [3.8, 4) is 11.5 Å². The number of halogens is 1. The number of hydrazone groups is 1. The normalized spacial score (nSPS) is 10.7. The fourth-order valence-electron chi connectivity index (χ4n) is 2.25. The Morgan fingerprint density at radius 2 is 2.07 bits per heavy atom. The molecular weight excluding hydrogens is 440 g/mol. The summed E-state index contributed by atoms with van der Waals surface area (Å²) in [5.41, 5.74) is 5.73. The number of nitrogens with one attached hydrogen (secondary N) is 1. The van der Waals surface area contributed by atoms with Gasteiger partial charge in [0.15, 0.2) is 11.5 Å². The summed E-state index contributed by atoms with van der Waals surface area (Å²) in [6, 6.07) is 11.9. The number of rotatable bonds is 10. The lowest BCUT2D eigenvalue weighted by molar-refractivity contribution is -0.118. The van der Waals surface area contributed by atoms with Crippen LogP contribution in [0.25, 0.3) is 0 Å². The van der Waals surface area contributed by atoms with Crippen LogP contribution >= 0.6 is 27.7 Å². The highest BCUT2D eigenvalue weighted by atomic mass is 79.9. The molecule has 0 bridgehead atoms. The van der Waals surface area contributed by atoms with Crippen molar-refractivity contribution in [2.24, 2.45) is 5.10 Å². The first-order chi connectivity index (χ1) is 13.5. The van der Waals surface area contributed by atoms with E-state index in [0.29, 0.717) is 23.9 Å². The van der Waals surface area contributed by atoms with Crippen molar-refractivity contribution < 1.29 is 14.3 Å². The Morgan fingerprint density at radius 1 is 1.32 bits per heavy atom. The number of ether oxygens (including phenoxy) is 2. The monoisotopic (exact) mass is 462 g/mol. The molecule has 148 valence electrons. The van der Waals surface area contributed by atoms with Gasteiger partial charge in [0.2, 0.25) is 5.91 Å². The minimum absolute atomic E-state index is 0.148. The molecule has 2 rings (SSSR count). The molecule has 2 aromatic rings. The minimum atomic E-state index is -0.148. The van der Waals surface area contributed by atoms with Gasteiger partial charge >= 0.3 is 0 Å². The van der Waals surface area contributed by atoms with Gasteiger partial charge in [-0.1, -0.05) is 42.5 Å². The van der Waals surface area contributed by atoms with Gasteiger partial charge in [0.1, 0.15) is 6.61 Å². The molecule has 1 amide bonds. The predicted octanol–water partition coefficient (Wildman–Crippen LogP) is 4.71. The van der Waals surface area contributed by atoms with E-state index in [1.54, 1.807) is 37.2 Å². The first kappa shape index (κ1) is 22.0. The summed E-state index contributed by atoms with van der Waals surface area (Å²) in [6.45, 7) is 6.06. The van der Waals surface area contributed by atoms with E-state index < -0.39 is 0 Å². The second-order valence-electron chi connectivity index (χ2n) is 5.91. The Kier molecular flexibility index (Phi) is 9.10. The summed E-state index contributed by atoms with van der Waals surface area (Å²) in [6.07, 6.45) is 3.22. The van der Waals surface area contributed by atoms with Gasteiger partial charge in [-0.25, -0.2) is 5.43 Å². The van der Waals surface area contributed by atoms with Gasteiger partial charge in [-0.2, -0.15) is 5.10 Å². The number of nitrogens with zero attached hydrogens (tertiary/aromatic N) is 1. The number of carbonyl (C=O) groups is 1. The molecule has 0 fully saturated rings. The van der Waals surface area contributed by atoms with Gasteiger partial charge in [-0.15, -0.1) is 11.8 Å². The van der Waals surface area contributed by atoms with Gasteiger partial charge in [-0.3, -0.25) is 4.79 Å². The Bertz CT molecular complexity index is 838. The second kappa shape index (κ2) is 11.6. The first-order valence-corrected chi connectivity index (χ1v) is 10.5. The van der Waals surface area contributed by atoms with Crippen LogP contribution in [-0.4, -0.2) is 31.6 Å². The number of hydrogen-bond acceptors (Lipinski definition) is 5. The van der Waals surface area contributed by atoms with E-state index in [2.05, 4.69) is 64.2 Å². The lowest BCUT2D eigenvalue weighted by atomic mass is 10.2. The third-order valence-corrected chi connectivity index (χ3v) is 5.22. The maximum atomic E-state index is 11.9. The van der Waals surface area contributed by atoms with Crippen LogP contribution in [-0.2, 0) is 10.5 Å². The fraction of sp³-hybridized carbons (Fsp3) is 0.238. The number of methoxy groups -OCH3 is 1. The molecule has 0 aliphatic rings. The molecule has 0 aliphatic heterocycles. The molecule has 0 heterocycles. The van der Waals surface area contributed by atoms with Gasteiger partial charge < -0.3 is 9.47 Å². The van der Waals surface area contributed by atoms with Gasteiger partial charge in [0, 0.05) is 5.75 Å². The zero-order valence-electron chi connectivity index (χ0n) is 15.9. The molecule has 5 nitrogen and oxygen atoms in total. The molecule has 0 saturated carbocycles. The van der Waals surface area contributed by atoms with Gasteiger partial charge in [0.05, 0.1) is 23.5 Å². The third kappa shape index (κ3) is 7.05. The molecule has 0 radical (unpaired) electrons.